The second-order valence-electron chi connectivity index (χ2n) is 2.76. The summed E-state index contributed by atoms with van der Waals surface area (Å²) in [4.78, 5) is 20.4. The Bertz CT molecular complexity index is 301. The van der Waals surface area contributed by atoms with Crippen molar-refractivity contribution in [2.75, 3.05) is 13.2 Å². The minimum absolute atomic E-state index is 0.0956. The second kappa shape index (κ2) is 5.69. The van der Waals surface area contributed by atoms with E-state index in [1.165, 1.54) is 4.88 Å². The number of hydrogen-bond acceptors (Lipinski definition) is 5. The molecule has 5 nitrogen and oxygen atoms in total. The quantitative estimate of drug-likeness (QED) is 0.517. The van der Waals surface area contributed by atoms with Crippen molar-refractivity contribution in [2.45, 2.75) is 13.3 Å². The maximum atomic E-state index is 10.3. The smallest absolute Gasteiger partial charge is 0.245 e. The van der Waals surface area contributed by atoms with E-state index in [-0.39, 0.29) is 6.61 Å². The van der Waals surface area contributed by atoms with Gasteiger partial charge in [0, 0.05) is 11.4 Å². The summed E-state index contributed by atoms with van der Waals surface area (Å²) >= 11 is 1.62. The summed E-state index contributed by atoms with van der Waals surface area (Å²) in [6.45, 7) is 2.52. The molecule has 0 radical (unpaired) electrons. The first-order valence-electron chi connectivity index (χ1n) is 4.22. The predicted octanol–water partition coefficient (Wildman–Crippen LogP) is 0.000520. The SMILES string of the molecule is Cc1ncsc1CCNOCC(N)=O. The largest absolute Gasteiger partial charge is 0.368 e. The third-order valence-electron chi connectivity index (χ3n) is 1.62. The van der Waals surface area contributed by atoms with Crippen LogP contribution < -0.4 is 11.2 Å². The van der Waals surface area contributed by atoms with Crippen LogP contribution in [0.4, 0.5) is 0 Å². The molecule has 6 heteroatoms. The lowest BCUT2D eigenvalue weighted by atomic mass is 10.3. The lowest BCUT2D eigenvalue weighted by Gasteiger charge is -2.02. The molecule has 14 heavy (non-hydrogen) atoms. The molecule has 1 rings (SSSR count). The highest BCUT2D eigenvalue weighted by Crippen LogP contribution is 2.11. The van der Waals surface area contributed by atoms with Gasteiger partial charge in [0.25, 0.3) is 0 Å². The number of carbonyl (C=O) groups is 1. The lowest BCUT2D eigenvalue weighted by Crippen LogP contribution is -2.26. The molecular formula is C8H13N3O2S. The number of hydrogen-bond donors (Lipinski definition) is 2. The molecule has 0 atom stereocenters. The highest BCUT2D eigenvalue weighted by molar-refractivity contribution is 7.09. The van der Waals surface area contributed by atoms with E-state index in [0.29, 0.717) is 6.54 Å². The minimum atomic E-state index is -0.480. The Kier molecular flexibility index (Phi) is 4.51. The van der Waals surface area contributed by atoms with Crippen molar-refractivity contribution in [2.24, 2.45) is 5.73 Å². The number of nitrogens with two attached hydrogens (primary N) is 1. The molecule has 1 aromatic heterocycles. The van der Waals surface area contributed by atoms with Crippen LogP contribution in [0.15, 0.2) is 5.51 Å². The molecule has 0 saturated heterocycles. The molecule has 0 spiro atoms. The Morgan fingerprint density at radius 3 is 3.14 bits per heavy atom. The van der Waals surface area contributed by atoms with E-state index in [4.69, 9.17) is 10.6 Å². The van der Waals surface area contributed by atoms with E-state index in [1.54, 1.807) is 11.3 Å². The summed E-state index contributed by atoms with van der Waals surface area (Å²) < 4.78 is 0. The van der Waals surface area contributed by atoms with Gasteiger partial charge in [0.1, 0.15) is 6.61 Å². The van der Waals surface area contributed by atoms with Crippen LogP contribution >= 0.6 is 11.3 Å². The zero-order valence-electron chi connectivity index (χ0n) is 7.95. The van der Waals surface area contributed by atoms with E-state index >= 15 is 0 Å². The van der Waals surface area contributed by atoms with Crippen LogP contribution in [-0.2, 0) is 16.1 Å². The molecule has 0 bridgehead atoms. The number of nitrogens with zero attached hydrogens (tertiary/aromatic N) is 1. The third kappa shape index (κ3) is 3.82. The molecule has 1 amide bonds. The molecule has 1 aromatic rings. The summed E-state index contributed by atoms with van der Waals surface area (Å²) in [5.41, 5.74) is 10.4. The topological polar surface area (TPSA) is 77.2 Å². The van der Waals surface area contributed by atoms with Crippen molar-refractivity contribution in [3.63, 3.8) is 0 Å². The molecule has 0 unspecified atom stereocenters. The highest BCUT2D eigenvalue weighted by Gasteiger charge is 2.00. The fourth-order valence-electron chi connectivity index (χ4n) is 0.925. The van der Waals surface area contributed by atoms with Crippen LogP contribution in [0.3, 0.4) is 0 Å². The van der Waals surface area contributed by atoms with Crippen LogP contribution in [0.5, 0.6) is 0 Å². The van der Waals surface area contributed by atoms with Gasteiger partial charge in [-0.3, -0.25) is 9.63 Å². The van der Waals surface area contributed by atoms with Crippen LogP contribution in [0.2, 0.25) is 0 Å². The second-order valence-corrected chi connectivity index (χ2v) is 3.70. The summed E-state index contributed by atoms with van der Waals surface area (Å²) in [5.74, 6) is -0.480. The van der Waals surface area contributed by atoms with Crippen molar-refractivity contribution in [1.82, 2.24) is 10.5 Å². The van der Waals surface area contributed by atoms with Crippen molar-refractivity contribution in [3.05, 3.63) is 16.1 Å². The fraction of sp³-hybridized carbons (Fsp3) is 0.500. The molecule has 0 aromatic carbocycles. The molecule has 0 fully saturated rings. The fourth-order valence-corrected chi connectivity index (χ4v) is 1.71. The third-order valence-corrected chi connectivity index (χ3v) is 2.61. The van der Waals surface area contributed by atoms with Gasteiger partial charge < -0.3 is 5.73 Å². The van der Waals surface area contributed by atoms with E-state index in [2.05, 4.69) is 10.5 Å². The molecule has 0 aliphatic heterocycles. The normalized spacial score (nSPS) is 10.4. The van der Waals surface area contributed by atoms with Crippen molar-refractivity contribution in [1.29, 1.82) is 0 Å². The van der Waals surface area contributed by atoms with E-state index in [1.807, 2.05) is 12.4 Å². The molecule has 78 valence electrons. The van der Waals surface area contributed by atoms with Gasteiger partial charge in [-0.25, -0.2) is 10.5 Å². The maximum Gasteiger partial charge on any atom is 0.245 e. The van der Waals surface area contributed by atoms with Crippen molar-refractivity contribution >= 4 is 17.2 Å². The molecule has 0 aliphatic carbocycles. The van der Waals surface area contributed by atoms with Crippen molar-refractivity contribution < 1.29 is 9.63 Å². The van der Waals surface area contributed by atoms with Gasteiger partial charge in [-0.15, -0.1) is 11.3 Å². The summed E-state index contributed by atoms with van der Waals surface area (Å²) in [5, 5.41) is 0. The summed E-state index contributed by atoms with van der Waals surface area (Å²) in [6, 6.07) is 0. The Labute approximate surface area is 86.2 Å². The van der Waals surface area contributed by atoms with E-state index in [9.17, 15) is 4.79 Å². The molecular weight excluding hydrogens is 202 g/mol. The van der Waals surface area contributed by atoms with Gasteiger partial charge in [0.05, 0.1) is 11.2 Å². The Morgan fingerprint density at radius 2 is 2.57 bits per heavy atom. The summed E-state index contributed by atoms with van der Waals surface area (Å²) in [7, 11) is 0. The number of hydroxylamine groups is 1. The van der Waals surface area contributed by atoms with Gasteiger partial charge in [-0.1, -0.05) is 0 Å². The Balaban J connectivity index is 2.10. The summed E-state index contributed by atoms with van der Waals surface area (Å²) in [6.07, 6.45) is 0.843. The van der Waals surface area contributed by atoms with E-state index in [0.717, 1.165) is 12.1 Å². The first-order chi connectivity index (χ1) is 6.70. The lowest BCUT2D eigenvalue weighted by molar-refractivity contribution is -0.125. The highest BCUT2D eigenvalue weighted by atomic mass is 32.1. The Morgan fingerprint density at radius 1 is 1.79 bits per heavy atom. The number of primary amides is 1. The number of aromatic nitrogens is 1. The van der Waals surface area contributed by atoms with Gasteiger partial charge in [0.15, 0.2) is 0 Å². The predicted molar refractivity (Wildman–Crippen MR) is 53.7 cm³/mol. The number of carbonyl (C=O) groups excluding carboxylic acids is 1. The first-order valence-corrected chi connectivity index (χ1v) is 5.10. The molecule has 1 heterocycles. The van der Waals surface area contributed by atoms with Gasteiger partial charge in [-0.2, -0.15) is 0 Å². The number of rotatable bonds is 6. The zero-order valence-corrected chi connectivity index (χ0v) is 8.76. The average Bonchev–Trinajstić information content (AvgIpc) is 2.51. The first kappa shape index (κ1) is 11.1. The standard InChI is InChI=1S/C8H13N3O2S/c1-6-7(14-5-10-6)2-3-11-13-4-8(9)12/h5,11H,2-4H2,1H3,(H2,9,12). The van der Waals surface area contributed by atoms with E-state index < -0.39 is 5.91 Å². The zero-order chi connectivity index (χ0) is 10.4. The Hall–Kier alpha value is -0.980. The number of nitrogens with one attached hydrogen (secondary N) is 1. The minimum Gasteiger partial charge on any atom is -0.368 e. The van der Waals surface area contributed by atoms with Crippen LogP contribution in [0.25, 0.3) is 0 Å². The maximum absolute atomic E-state index is 10.3. The number of aryl methyl sites for hydroxylation is 1. The van der Waals surface area contributed by atoms with Gasteiger partial charge >= 0.3 is 0 Å². The molecule has 0 saturated carbocycles. The average molecular weight is 215 g/mol. The molecule has 0 aliphatic rings. The molecule has 3 N–H and O–H groups in total. The number of thiazole rings is 1. The number of amides is 1. The van der Waals surface area contributed by atoms with Crippen LogP contribution in [-0.4, -0.2) is 24.0 Å². The van der Waals surface area contributed by atoms with Crippen LogP contribution in [0, 0.1) is 6.92 Å². The van der Waals surface area contributed by atoms with Gasteiger partial charge in [0.2, 0.25) is 5.91 Å². The van der Waals surface area contributed by atoms with Crippen LogP contribution in [0.1, 0.15) is 10.6 Å². The monoisotopic (exact) mass is 215 g/mol. The van der Waals surface area contributed by atoms with Crippen molar-refractivity contribution in [3.8, 4) is 0 Å². The van der Waals surface area contributed by atoms with Gasteiger partial charge in [-0.05, 0) is 13.3 Å².